The molecule has 2 aromatic carbocycles. The van der Waals surface area contributed by atoms with Gasteiger partial charge < -0.3 is 9.84 Å². The van der Waals surface area contributed by atoms with Crippen molar-refractivity contribution in [2.24, 2.45) is 0 Å². The van der Waals surface area contributed by atoms with E-state index >= 15 is 0 Å². The lowest BCUT2D eigenvalue weighted by Gasteiger charge is -2.06. The Balaban J connectivity index is 1.34. The number of aromatic nitrogens is 4. The van der Waals surface area contributed by atoms with E-state index in [1.165, 1.54) is 4.68 Å². The number of hydrogen-bond donors (Lipinski definition) is 1. The van der Waals surface area contributed by atoms with Crippen LogP contribution in [0.25, 0.3) is 22.6 Å². The number of nitrogens with one attached hydrogen (secondary N) is 1. The molecule has 4 aromatic rings. The molecule has 1 aliphatic carbocycles. The summed E-state index contributed by atoms with van der Waals surface area (Å²) in [6.45, 7) is 2.15. The molecule has 33 heavy (non-hydrogen) atoms. The SMILES string of the molecule is Cc1onc(-c2ccccc2Cl)c1C(=O)NCCn1nc(-c2ccccc2)n(C2CC2)c1=O. The van der Waals surface area contributed by atoms with Gasteiger partial charge in [0, 0.05) is 23.7 Å². The first-order valence-electron chi connectivity index (χ1n) is 10.8. The second-order valence-corrected chi connectivity index (χ2v) is 8.40. The predicted molar refractivity (Wildman–Crippen MR) is 124 cm³/mol. The minimum absolute atomic E-state index is 0.163. The van der Waals surface area contributed by atoms with Crippen LogP contribution in [0.2, 0.25) is 5.02 Å². The monoisotopic (exact) mass is 463 g/mol. The summed E-state index contributed by atoms with van der Waals surface area (Å²) in [7, 11) is 0. The molecular formula is C24H22ClN5O3. The van der Waals surface area contributed by atoms with Gasteiger partial charge in [0.2, 0.25) is 0 Å². The Morgan fingerprint density at radius 3 is 2.61 bits per heavy atom. The van der Waals surface area contributed by atoms with Gasteiger partial charge in [0.05, 0.1) is 11.6 Å². The van der Waals surface area contributed by atoms with Gasteiger partial charge in [-0.3, -0.25) is 9.36 Å². The zero-order valence-electron chi connectivity index (χ0n) is 18.0. The number of halogens is 1. The molecule has 0 bridgehead atoms. The maximum atomic E-state index is 13.0. The van der Waals surface area contributed by atoms with Crippen LogP contribution in [0.1, 0.15) is 35.0 Å². The van der Waals surface area contributed by atoms with Gasteiger partial charge in [-0.1, -0.05) is 65.3 Å². The summed E-state index contributed by atoms with van der Waals surface area (Å²) in [5, 5.41) is 11.9. The van der Waals surface area contributed by atoms with E-state index in [1.54, 1.807) is 29.7 Å². The van der Waals surface area contributed by atoms with E-state index in [0.717, 1.165) is 18.4 Å². The smallest absolute Gasteiger partial charge is 0.346 e. The fourth-order valence-corrected chi connectivity index (χ4v) is 4.08. The van der Waals surface area contributed by atoms with Crippen LogP contribution in [0.3, 0.4) is 0 Å². The highest BCUT2D eigenvalue weighted by molar-refractivity contribution is 6.33. The third kappa shape index (κ3) is 4.09. The zero-order chi connectivity index (χ0) is 22.9. The number of hydrogen-bond acceptors (Lipinski definition) is 5. The van der Waals surface area contributed by atoms with Crippen LogP contribution in [0.15, 0.2) is 63.9 Å². The maximum Gasteiger partial charge on any atom is 0.346 e. The Hall–Kier alpha value is -3.65. The van der Waals surface area contributed by atoms with E-state index in [-0.39, 0.29) is 30.7 Å². The van der Waals surface area contributed by atoms with Crippen molar-refractivity contribution in [3.05, 3.63) is 81.4 Å². The predicted octanol–water partition coefficient (Wildman–Crippen LogP) is 4.09. The summed E-state index contributed by atoms with van der Waals surface area (Å²) in [5.41, 5.74) is 2.06. The maximum absolute atomic E-state index is 13.0. The quantitative estimate of drug-likeness (QED) is 0.445. The van der Waals surface area contributed by atoms with Crippen molar-refractivity contribution in [1.82, 2.24) is 24.8 Å². The number of benzene rings is 2. The first kappa shape index (κ1) is 21.2. The highest BCUT2D eigenvalue weighted by Gasteiger charge is 2.30. The average Bonchev–Trinajstić information content (AvgIpc) is 3.51. The van der Waals surface area contributed by atoms with E-state index in [1.807, 2.05) is 36.4 Å². The third-order valence-electron chi connectivity index (χ3n) is 5.64. The van der Waals surface area contributed by atoms with Crippen molar-refractivity contribution in [2.45, 2.75) is 32.4 Å². The lowest BCUT2D eigenvalue weighted by atomic mass is 10.1. The number of amides is 1. The summed E-state index contributed by atoms with van der Waals surface area (Å²) in [4.78, 5) is 25.9. The first-order chi connectivity index (χ1) is 16.0. The summed E-state index contributed by atoms with van der Waals surface area (Å²) in [6.07, 6.45) is 1.94. The molecule has 1 N–H and O–H groups in total. The number of nitrogens with zero attached hydrogens (tertiary/aromatic N) is 4. The van der Waals surface area contributed by atoms with Gasteiger partial charge in [0.15, 0.2) is 5.82 Å². The Morgan fingerprint density at radius 2 is 1.88 bits per heavy atom. The molecule has 1 saturated carbocycles. The van der Waals surface area contributed by atoms with Crippen molar-refractivity contribution in [1.29, 1.82) is 0 Å². The summed E-state index contributed by atoms with van der Waals surface area (Å²) in [6, 6.07) is 17.0. The molecule has 0 atom stereocenters. The summed E-state index contributed by atoms with van der Waals surface area (Å²) < 4.78 is 8.44. The average molecular weight is 464 g/mol. The van der Waals surface area contributed by atoms with Crippen LogP contribution in [-0.2, 0) is 6.54 Å². The minimum atomic E-state index is -0.346. The van der Waals surface area contributed by atoms with Gasteiger partial charge in [-0.15, -0.1) is 5.10 Å². The van der Waals surface area contributed by atoms with Crippen LogP contribution < -0.4 is 11.0 Å². The van der Waals surface area contributed by atoms with E-state index < -0.39 is 0 Å². The van der Waals surface area contributed by atoms with Crippen LogP contribution >= 0.6 is 11.6 Å². The van der Waals surface area contributed by atoms with Gasteiger partial charge in [-0.25, -0.2) is 9.48 Å². The van der Waals surface area contributed by atoms with Crippen LogP contribution in [0, 0.1) is 6.92 Å². The van der Waals surface area contributed by atoms with Gasteiger partial charge in [-0.05, 0) is 25.8 Å². The standard InChI is InChI=1S/C24H22ClN5O3/c1-15-20(21(28-33-15)18-9-5-6-10-19(18)25)23(31)26-13-14-29-24(32)30(17-11-12-17)22(27-29)16-7-3-2-4-8-16/h2-10,17H,11-14H2,1H3,(H,26,31). The van der Waals surface area contributed by atoms with Crippen molar-refractivity contribution in [2.75, 3.05) is 6.54 Å². The molecule has 1 amide bonds. The molecule has 0 unspecified atom stereocenters. The van der Waals surface area contributed by atoms with Gasteiger partial charge in [0.1, 0.15) is 17.0 Å². The van der Waals surface area contributed by atoms with Gasteiger partial charge in [-0.2, -0.15) is 0 Å². The Bertz CT molecular complexity index is 1370. The van der Waals surface area contributed by atoms with Crippen LogP contribution in [-0.4, -0.2) is 32.0 Å². The summed E-state index contributed by atoms with van der Waals surface area (Å²) >= 11 is 6.28. The molecule has 2 aromatic heterocycles. The van der Waals surface area contributed by atoms with E-state index in [0.29, 0.717) is 33.4 Å². The molecule has 1 aliphatic rings. The fraction of sp³-hybridized carbons (Fsp3) is 0.250. The summed E-state index contributed by atoms with van der Waals surface area (Å²) in [5.74, 6) is 0.705. The highest BCUT2D eigenvalue weighted by Crippen LogP contribution is 2.36. The van der Waals surface area contributed by atoms with Crippen LogP contribution in [0.4, 0.5) is 0 Å². The normalized spacial score (nSPS) is 13.3. The second-order valence-electron chi connectivity index (χ2n) is 7.99. The molecule has 0 aliphatic heterocycles. The Labute approximate surface area is 194 Å². The largest absolute Gasteiger partial charge is 0.360 e. The highest BCUT2D eigenvalue weighted by atomic mass is 35.5. The number of carbonyl (C=O) groups is 1. The van der Waals surface area contributed by atoms with Crippen molar-refractivity contribution < 1.29 is 9.32 Å². The number of aryl methyl sites for hydroxylation is 1. The third-order valence-corrected chi connectivity index (χ3v) is 5.97. The molecular weight excluding hydrogens is 442 g/mol. The van der Waals surface area contributed by atoms with E-state index in [4.69, 9.17) is 16.1 Å². The molecule has 1 fully saturated rings. The van der Waals surface area contributed by atoms with Gasteiger partial charge in [0.25, 0.3) is 5.91 Å². The second kappa shape index (κ2) is 8.71. The topological polar surface area (TPSA) is 94.9 Å². The van der Waals surface area contributed by atoms with Crippen molar-refractivity contribution in [3.63, 3.8) is 0 Å². The Kier molecular flexibility index (Phi) is 5.60. The molecule has 2 heterocycles. The van der Waals surface area contributed by atoms with E-state index in [9.17, 15) is 9.59 Å². The lowest BCUT2D eigenvalue weighted by Crippen LogP contribution is -2.32. The van der Waals surface area contributed by atoms with Crippen molar-refractivity contribution >= 4 is 17.5 Å². The molecule has 0 spiro atoms. The van der Waals surface area contributed by atoms with Gasteiger partial charge >= 0.3 is 5.69 Å². The molecule has 0 saturated heterocycles. The fourth-order valence-electron chi connectivity index (χ4n) is 3.85. The Morgan fingerprint density at radius 1 is 1.15 bits per heavy atom. The number of rotatable bonds is 7. The molecule has 8 nitrogen and oxygen atoms in total. The molecule has 0 radical (unpaired) electrons. The molecule has 5 rings (SSSR count). The number of carbonyl (C=O) groups excluding carboxylic acids is 1. The molecule has 9 heteroatoms. The van der Waals surface area contributed by atoms with E-state index in [2.05, 4.69) is 15.6 Å². The lowest BCUT2D eigenvalue weighted by molar-refractivity contribution is 0.0951. The minimum Gasteiger partial charge on any atom is -0.360 e. The van der Waals surface area contributed by atoms with Crippen molar-refractivity contribution in [3.8, 4) is 22.6 Å². The first-order valence-corrected chi connectivity index (χ1v) is 11.2. The molecule has 168 valence electrons. The van der Waals surface area contributed by atoms with Crippen LogP contribution in [0.5, 0.6) is 0 Å². The zero-order valence-corrected chi connectivity index (χ0v) is 18.7.